The van der Waals surface area contributed by atoms with Gasteiger partial charge in [0.1, 0.15) is 10.6 Å². The fraction of sp³-hybridized carbons (Fsp3) is 0.105. The molecule has 0 saturated heterocycles. The Hall–Kier alpha value is -2.79. The number of anilines is 1. The van der Waals surface area contributed by atoms with Gasteiger partial charge in [-0.15, -0.1) is 11.3 Å². The Labute approximate surface area is 144 Å². The molecule has 0 saturated carbocycles. The molecule has 0 aliphatic carbocycles. The van der Waals surface area contributed by atoms with Gasteiger partial charge in [-0.1, -0.05) is 30.3 Å². The van der Waals surface area contributed by atoms with E-state index >= 15 is 0 Å². The van der Waals surface area contributed by atoms with Crippen LogP contribution in [-0.2, 0) is 6.54 Å². The van der Waals surface area contributed by atoms with Gasteiger partial charge in [0.2, 0.25) is 0 Å². The summed E-state index contributed by atoms with van der Waals surface area (Å²) in [6.45, 7) is 2.82. The smallest absolute Gasteiger partial charge is 0.164 e. The third-order valence-corrected chi connectivity index (χ3v) is 4.68. The van der Waals surface area contributed by atoms with Crippen LogP contribution in [0.5, 0.6) is 0 Å². The van der Waals surface area contributed by atoms with Crippen molar-refractivity contribution in [2.75, 3.05) is 5.32 Å². The Bertz CT molecular complexity index is 965. The highest BCUT2D eigenvalue weighted by Crippen LogP contribution is 2.31. The zero-order valence-electron chi connectivity index (χ0n) is 13.2. The van der Waals surface area contributed by atoms with Gasteiger partial charge < -0.3 is 5.32 Å². The number of rotatable bonds is 4. The Balaban J connectivity index is 1.75. The lowest BCUT2D eigenvalue weighted by atomic mass is 10.2. The van der Waals surface area contributed by atoms with Crippen LogP contribution in [0.1, 0.15) is 10.4 Å². The summed E-state index contributed by atoms with van der Waals surface area (Å²) in [7, 11) is 0. The van der Waals surface area contributed by atoms with E-state index in [1.54, 1.807) is 23.7 Å². The van der Waals surface area contributed by atoms with Gasteiger partial charge in [0.25, 0.3) is 0 Å². The number of nitrogens with one attached hydrogen (secondary N) is 1. The van der Waals surface area contributed by atoms with Crippen LogP contribution in [0.15, 0.2) is 60.9 Å². The predicted octanol–water partition coefficient (Wildman–Crippen LogP) is 4.67. The van der Waals surface area contributed by atoms with E-state index in [4.69, 9.17) is 9.97 Å². The van der Waals surface area contributed by atoms with E-state index in [-0.39, 0.29) is 0 Å². The number of aryl methyl sites for hydroxylation is 1. The van der Waals surface area contributed by atoms with Gasteiger partial charge in [0.15, 0.2) is 5.82 Å². The van der Waals surface area contributed by atoms with Crippen LogP contribution in [0.4, 0.5) is 5.82 Å². The second-order valence-corrected chi connectivity index (χ2v) is 6.79. The molecular weight excluding hydrogens is 316 g/mol. The molecule has 0 aliphatic rings. The molecule has 1 N–H and O–H groups in total. The zero-order valence-corrected chi connectivity index (χ0v) is 14.0. The van der Waals surface area contributed by atoms with Crippen LogP contribution >= 0.6 is 11.3 Å². The molecular formula is C19H16N4S. The van der Waals surface area contributed by atoms with Crippen molar-refractivity contribution in [3.63, 3.8) is 0 Å². The number of hydrogen-bond donors (Lipinski definition) is 1. The molecule has 0 spiro atoms. The predicted molar refractivity (Wildman–Crippen MR) is 99.2 cm³/mol. The molecule has 118 valence electrons. The van der Waals surface area contributed by atoms with Gasteiger partial charge in [0, 0.05) is 29.4 Å². The van der Waals surface area contributed by atoms with Crippen LogP contribution in [0.25, 0.3) is 21.6 Å². The maximum Gasteiger partial charge on any atom is 0.164 e. The fourth-order valence-electron chi connectivity index (χ4n) is 2.58. The molecule has 3 aromatic heterocycles. The second kappa shape index (κ2) is 6.37. The molecule has 3 heterocycles. The number of nitrogens with zero attached hydrogens (tertiary/aromatic N) is 3. The Kier molecular flexibility index (Phi) is 3.92. The maximum atomic E-state index is 4.74. The zero-order chi connectivity index (χ0) is 16.4. The lowest BCUT2D eigenvalue weighted by Crippen LogP contribution is -2.03. The summed E-state index contributed by atoms with van der Waals surface area (Å²) >= 11 is 1.69. The molecule has 0 atom stereocenters. The minimum absolute atomic E-state index is 0.702. The summed E-state index contributed by atoms with van der Waals surface area (Å²) in [6, 6.07) is 16.3. The van der Waals surface area contributed by atoms with Gasteiger partial charge in [-0.3, -0.25) is 4.98 Å². The van der Waals surface area contributed by atoms with Gasteiger partial charge >= 0.3 is 0 Å². The quantitative estimate of drug-likeness (QED) is 0.590. The van der Waals surface area contributed by atoms with Crippen molar-refractivity contribution < 1.29 is 0 Å². The van der Waals surface area contributed by atoms with E-state index in [9.17, 15) is 0 Å². The van der Waals surface area contributed by atoms with Crippen molar-refractivity contribution in [2.24, 2.45) is 0 Å². The van der Waals surface area contributed by atoms with Crippen molar-refractivity contribution in [3.8, 4) is 11.4 Å². The molecule has 5 heteroatoms. The first-order valence-corrected chi connectivity index (χ1v) is 8.57. The van der Waals surface area contributed by atoms with Gasteiger partial charge in [-0.05, 0) is 30.7 Å². The molecule has 0 amide bonds. The number of pyridine rings is 1. The standard InChI is InChI=1S/C19H16N4S/c1-13-10-16-18(21-11-14-6-3-2-4-7-14)22-17(23-19(16)24-13)15-8-5-9-20-12-15/h2-10,12H,11H2,1H3,(H,21,22,23). The highest BCUT2D eigenvalue weighted by Gasteiger charge is 2.12. The summed E-state index contributed by atoms with van der Waals surface area (Å²) in [5, 5.41) is 4.53. The van der Waals surface area contributed by atoms with Crippen LogP contribution in [0.2, 0.25) is 0 Å². The van der Waals surface area contributed by atoms with E-state index in [1.807, 2.05) is 30.3 Å². The summed E-state index contributed by atoms with van der Waals surface area (Å²) in [4.78, 5) is 15.9. The maximum absolute atomic E-state index is 4.74. The number of hydrogen-bond acceptors (Lipinski definition) is 5. The summed E-state index contributed by atoms with van der Waals surface area (Å²) < 4.78 is 0. The third-order valence-electron chi connectivity index (χ3n) is 3.74. The van der Waals surface area contributed by atoms with Crippen molar-refractivity contribution in [3.05, 3.63) is 71.4 Å². The Morgan fingerprint density at radius 1 is 1.04 bits per heavy atom. The lowest BCUT2D eigenvalue weighted by molar-refractivity contribution is 1.11. The van der Waals surface area contributed by atoms with E-state index < -0.39 is 0 Å². The first-order valence-electron chi connectivity index (χ1n) is 7.76. The first-order chi connectivity index (χ1) is 11.8. The first kappa shape index (κ1) is 14.8. The average Bonchev–Trinajstić information content (AvgIpc) is 3.01. The number of aromatic nitrogens is 3. The largest absolute Gasteiger partial charge is 0.365 e. The van der Waals surface area contributed by atoms with E-state index in [0.29, 0.717) is 5.82 Å². The van der Waals surface area contributed by atoms with E-state index in [0.717, 1.165) is 28.1 Å². The fourth-order valence-corrected chi connectivity index (χ4v) is 3.46. The topological polar surface area (TPSA) is 50.7 Å². The molecule has 0 fully saturated rings. The second-order valence-electron chi connectivity index (χ2n) is 5.55. The molecule has 1 aromatic carbocycles. The van der Waals surface area contributed by atoms with Gasteiger partial charge in [-0.25, -0.2) is 9.97 Å². The molecule has 24 heavy (non-hydrogen) atoms. The van der Waals surface area contributed by atoms with Gasteiger partial charge in [0.05, 0.1) is 5.39 Å². The van der Waals surface area contributed by atoms with Crippen molar-refractivity contribution >= 4 is 27.4 Å². The molecule has 4 rings (SSSR count). The number of fused-ring (bicyclic) bond motifs is 1. The summed E-state index contributed by atoms with van der Waals surface area (Å²) in [5.74, 6) is 1.57. The summed E-state index contributed by atoms with van der Waals surface area (Å²) in [6.07, 6.45) is 3.55. The monoisotopic (exact) mass is 332 g/mol. The molecule has 4 aromatic rings. The normalized spacial score (nSPS) is 10.9. The van der Waals surface area contributed by atoms with E-state index in [2.05, 4.69) is 35.4 Å². The highest BCUT2D eigenvalue weighted by molar-refractivity contribution is 7.18. The average molecular weight is 332 g/mol. The van der Waals surface area contributed by atoms with Crippen molar-refractivity contribution in [2.45, 2.75) is 13.5 Å². The Morgan fingerprint density at radius 2 is 1.92 bits per heavy atom. The van der Waals surface area contributed by atoms with Crippen LogP contribution in [0.3, 0.4) is 0 Å². The third kappa shape index (κ3) is 2.98. The minimum Gasteiger partial charge on any atom is -0.365 e. The highest BCUT2D eigenvalue weighted by atomic mass is 32.1. The van der Waals surface area contributed by atoms with Crippen LogP contribution < -0.4 is 5.32 Å². The van der Waals surface area contributed by atoms with Crippen LogP contribution in [0, 0.1) is 6.92 Å². The SMILES string of the molecule is Cc1cc2c(NCc3ccccc3)nc(-c3cccnc3)nc2s1. The number of thiophene rings is 1. The molecule has 0 aliphatic heterocycles. The van der Waals surface area contributed by atoms with Crippen molar-refractivity contribution in [1.29, 1.82) is 0 Å². The van der Waals surface area contributed by atoms with Crippen LogP contribution in [-0.4, -0.2) is 15.0 Å². The Morgan fingerprint density at radius 3 is 2.71 bits per heavy atom. The molecule has 0 bridgehead atoms. The molecule has 0 radical (unpaired) electrons. The number of benzene rings is 1. The van der Waals surface area contributed by atoms with Crippen molar-refractivity contribution in [1.82, 2.24) is 15.0 Å². The minimum atomic E-state index is 0.702. The van der Waals surface area contributed by atoms with Gasteiger partial charge in [-0.2, -0.15) is 0 Å². The molecule has 0 unspecified atom stereocenters. The van der Waals surface area contributed by atoms with E-state index in [1.165, 1.54) is 10.4 Å². The summed E-state index contributed by atoms with van der Waals surface area (Å²) in [5.41, 5.74) is 2.15. The lowest BCUT2D eigenvalue weighted by Gasteiger charge is -2.09. The molecule has 4 nitrogen and oxygen atoms in total.